The summed E-state index contributed by atoms with van der Waals surface area (Å²) in [6.45, 7) is 5.92. The van der Waals surface area contributed by atoms with Gasteiger partial charge in [-0.25, -0.2) is 0 Å². The third kappa shape index (κ3) is 3.21. The Morgan fingerprint density at radius 3 is 2.47 bits per heavy atom. The molecule has 2 rings (SSSR count). The number of likely N-dealkylation sites (tertiary alicyclic amines) is 1. The summed E-state index contributed by atoms with van der Waals surface area (Å²) in [5, 5.41) is 9.19. The van der Waals surface area contributed by atoms with Crippen LogP contribution in [0, 0.1) is 17.8 Å². The molecule has 1 heterocycles. The summed E-state index contributed by atoms with van der Waals surface area (Å²) in [5.74, 6) is 2.11. The molecule has 3 N–H and O–H groups in total. The molecular weight excluding hydrogens is 212 g/mol. The molecule has 0 amide bonds. The Hall–Kier alpha value is -0.120. The summed E-state index contributed by atoms with van der Waals surface area (Å²) >= 11 is 0. The van der Waals surface area contributed by atoms with Crippen molar-refractivity contribution in [1.29, 1.82) is 0 Å². The highest BCUT2D eigenvalue weighted by Gasteiger charge is 2.33. The van der Waals surface area contributed by atoms with Gasteiger partial charge in [-0.15, -0.1) is 0 Å². The summed E-state index contributed by atoms with van der Waals surface area (Å²) in [6, 6.07) is 0.711. The molecule has 17 heavy (non-hydrogen) atoms. The zero-order chi connectivity index (χ0) is 12.3. The number of rotatable bonds is 3. The van der Waals surface area contributed by atoms with Crippen molar-refractivity contribution in [2.45, 2.75) is 45.1 Å². The second-order valence-corrected chi connectivity index (χ2v) is 6.14. The first kappa shape index (κ1) is 13.3. The number of hydrogen-bond donors (Lipinski definition) is 2. The van der Waals surface area contributed by atoms with Crippen LogP contribution in [0.15, 0.2) is 0 Å². The first-order valence-electron chi connectivity index (χ1n) is 7.29. The van der Waals surface area contributed by atoms with Crippen LogP contribution in [0.4, 0.5) is 0 Å². The maximum absolute atomic E-state index is 9.19. The largest absolute Gasteiger partial charge is 0.396 e. The lowest BCUT2D eigenvalue weighted by atomic mass is 9.77. The lowest BCUT2D eigenvalue weighted by Gasteiger charge is -2.44. The minimum atomic E-state index is 0.370. The van der Waals surface area contributed by atoms with E-state index in [0.717, 1.165) is 12.5 Å². The third-order valence-electron chi connectivity index (χ3n) is 4.90. The highest BCUT2D eigenvalue weighted by molar-refractivity contribution is 4.88. The van der Waals surface area contributed by atoms with Crippen LogP contribution in [0.3, 0.4) is 0 Å². The van der Waals surface area contributed by atoms with Crippen molar-refractivity contribution in [3.8, 4) is 0 Å². The summed E-state index contributed by atoms with van der Waals surface area (Å²) in [7, 11) is 0. The average molecular weight is 240 g/mol. The van der Waals surface area contributed by atoms with Gasteiger partial charge in [-0.05, 0) is 63.1 Å². The summed E-state index contributed by atoms with van der Waals surface area (Å²) in [5.41, 5.74) is 5.93. The Morgan fingerprint density at radius 1 is 1.18 bits per heavy atom. The molecule has 1 saturated heterocycles. The summed E-state index contributed by atoms with van der Waals surface area (Å²) < 4.78 is 0. The predicted octanol–water partition coefficient (Wildman–Crippen LogP) is 1.45. The van der Waals surface area contributed by atoms with E-state index in [2.05, 4.69) is 11.8 Å². The highest BCUT2D eigenvalue weighted by atomic mass is 16.3. The molecule has 100 valence electrons. The van der Waals surface area contributed by atoms with E-state index in [1.54, 1.807) is 0 Å². The standard InChI is InChI=1S/C14H28N2O/c1-11-2-3-13(9-15)14(8-11)16-6-4-12(10-17)5-7-16/h11-14,17H,2-10,15H2,1H3. The Labute approximate surface area is 105 Å². The van der Waals surface area contributed by atoms with E-state index in [1.807, 2.05) is 0 Å². The molecule has 3 atom stereocenters. The van der Waals surface area contributed by atoms with Gasteiger partial charge in [0.25, 0.3) is 0 Å². The lowest BCUT2D eigenvalue weighted by Crippen LogP contribution is -2.49. The van der Waals surface area contributed by atoms with Crippen LogP contribution in [0.5, 0.6) is 0 Å². The van der Waals surface area contributed by atoms with E-state index < -0.39 is 0 Å². The topological polar surface area (TPSA) is 49.5 Å². The quantitative estimate of drug-likeness (QED) is 0.785. The smallest absolute Gasteiger partial charge is 0.0460 e. The molecule has 2 aliphatic rings. The molecule has 3 nitrogen and oxygen atoms in total. The molecule has 3 heteroatoms. The molecule has 0 spiro atoms. The monoisotopic (exact) mass is 240 g/mol. The van der Waals surface area contributed by atoms with Gasteiger partial charge in [-0.1, -0.05) is 13.3 Å². The van der Waals surface area contributed by atoms with Crippen molar-refractivity contribution in [3.05, 3.63) is 0 Å². The maximum Gasteiger partial charge on any atom is 0.0460 e. The minimum Gasteiger partial charge on any atom is -0.396 e. The Kier molecular flexibility index (Phi) is 4.83. The molecular formula is C14H28N2O. The van der Waals surface area contributed by atoms with Crippen molar-refractivity contribution in [2.24, 2.45) is 23.5 Å². The second kappa shape index (κ2) is 6.17. The SMILES string of the molecule is CC1CCC(CN)C(N2CCC(CO)CC2)C1. The van der Waals surface area contributed by atoms with Crippen LogP contribution >= 0.6 is 0 Å². The first-order chi connectivity index (χ1) is 8.24. The lowest BCUT2D eigenvalue weighted by molar-refractivity contribution is 0.0444. The fraction of sp³-hybridized carbons (Fsp3) is 1.00. The fourth-order valence-electron chi connectivity index (χ4n) is 3.60. The summed E-state index contributed by atoms with van der Waals surface area (Å²) in [4.78, 5) is 2.65. The Bertz CT molecular complexity index is 226. The maximum atomic E-state index is 9.19. The van der Waals surface area contributed by atoms with E-state index >= 15 is 0 Å². The van der Waals surface area contributed by atoms with Crippen molar-refractivity contribution in [2.75, 3.05) is 26.2 Å². The number of nitrogens with zero attached hydrogens (tertiary/aromatic N) is 1. The van der Waals surface area contributed by atoms with Crippen LogP contribution in [0.2, 0.25) is 0 Å². The van der Waals surface area contributed by atoms with Crippen LogP contribution < -0.4 is 5.73 Å². The molecule has 0 radical (unpaired) electrons. The molecule has 1 saturated carbocycles. The zero-order valence-electron chi connectivity index (χ0n) is 11.1. The van der Waals surface area contributed by atoms with Gasteiger partial charge in [0.15, 0.2) is 0 Å². The van der Waals surface area contributed by atoms with E-state index in [0.29, 0.717) is 24.5 Å². The molecule has 0 aromatic heterocycles. The number of nitrogens with two attached hydrogens (primary N) is 1. The van der Waals surface area contributed by atoms with Gasteiger partial charge in [0, 0.05) is 12.6 Å². The van der Waals surface area contributed by atoms with Crippen LogP contribution in [0.25, 0.3) is 0 Å². The second-order valence-electron chi connectivity index (χ2n) is 6.14. The minimum absolute atomic E-state index is 0.370. The molecule has 0 aromatic carbocycles. The van der Waals surface area contributed by atoms with Gasteiger partial charge < -0.3 is 15.7 Å². The van der Waals surface area contributed by atoms with Crippen LogP contribution in [0.1, 0.15) is 39.0 Å². The van der Waals surface area contributed by atoms with Gasteiger partial charge in [0.1, 0.15) is 0 Å². The van der Waals surface area contributed by atoms with E-state index in [4.69, 9.17) is 5.73 Å². The number of aliphatic hydroxyl groups excluding tert-OH is 1. The van der Waals surface area contributed by atoms with Crippen molar-refractivity contribution < 1.29 is 5.11 Å². The zero-order valence-corrected chi connectivity index (χ0v) is 11.1. The van der Waals surface area contributed by atoms with E-state index in [1.165, 1.54) is 45.2 Å². The average Bonchev–Trinajstić information content (AvgIpc) is 2.39. The van der Waals surface area contributed by atoms with E-state index in [-0.39, 0.29) is 0 Å². The van der Waals surface area contributed by atoms with Crippen LogP contribution in [-0.2, 0) is 0 Å². The molecule has 1 aliphatic carbocycles. The first-order valence-corrected chi connectivity index (χ1v) is 7.29. The Morgan fingerprint density at radius 2 is 1.88 bits per heavy atom. The predicted molar refractivity (Wildman–Crippen MR) is 70.7 cm³/mol. The van der Waals surface area contributed by atoms with Gasteiger partial charge in [-0.3, -0.25) is 0 Å². The third-order valence-corrected chi connectivity index (χ3v) is 4.90. The number of piperidine rings is 1. The van der Waals surface area contributed by atoms with Gasteiger partial charge in [0.05, 0.1) is 0 Å². The van der Waals surface area contributed by atoms with E-state index in [9.17, 15) is 5.11 Å². The number of aliphatic hydroxyl groups is 1. The van der Waals surface area contributed by atoms with Crippen molar-refractivity contribution in [1.82, 2.24) is 4.90 Å². The summed E-state index contributed by atoms with van der Waals surface area (Å²) in [6.07, 6.45) is 6.32. The van der Waals surface area contributed by atoms with Gasteiger partial charge in [-0.2, -0.15) is 0 Å². The van der Waals surface area contributed by atoms with Gasteiger partial charge >= 0.3 is 0 Å². The molecule has 2 fully saturated rings. The molecule has 1 aliphatic heterocycles. The normalized spacial score (nSPS) is 37.2. The van der Waals surface area contributed by atoms with Crippen molar-refractivity contribution >= 4 is 0 Å². The molecule has 0 bridgehead atoms. The molecule has 3 unspecified atom stereocenters. The van der Waals surface area contributed by atoms with Crippen LogP contribution in [-0.4, -0.2) is 42.3 Å². The fourth-order valence-corrected chi connectivity index (χ4v) is 3.60. The highest BCUT2D eigenvalue weighted by Crippen LogP contribution is 2.33. The van der Waals surface area contributed by atoms with Gasteiger partial charge in [0.2, 0.25) is 0 Å². The molecule has 0 aromatic rings. The number of hydrogen-bond acceptors (Lipinski definition) is 3. The Balaban J connectivity index is 1.90. The van der Waals surface area contributed by atoms with Crippen molar-refractivity contribution in [3.63, 3.8) is 0 Å².